The normalized spacial score (nSPS) is 29.2. The van der Waals surface area contributed by atoms with E-state index in [2.05, 4.69) is 26.1 Å². The molecule has 2 aromatic rings. The van der Waals surface area contributed by atoms with E-state index in [0.717, 1.165) is 31.2 Å². The quantitative estimate of drug-likeness (QED) is 0.218. The van der Waals surface area contributed by atoms with Crippen molar-refractivity contribution >= 4 is 23.5 Å². The number of nitrogens with zero attached hydrogens (tertiary/aromatic N) is 5. The predicted molar refractivity (Wildman–Crippen MR) is 176 cm³/mol. The van der Waals surface area contributed by atoms with Crippen molar-refractivity contribution in [2.45, 2.75) is 89.6 Å². The standard InChI is InChI=1S/C32H52N10O3/c1-18(2)25-6-4-19(3)8-28(25)45-17-30(44)37-26-7-5-20(9-27(26)43)10-29-38-31(41-13-21(33)11-22(34)14-41)40-32(39-29)42-15-23(35)12-24(36)16-42/h5,7,9,18-19,21-25,28,43H,4,6,8,10-17,33-36H2,1-3H3,(H,37,44)/t19?,21-,22+,23-,24+,25-,28-/m0/s1. The Morgan fingerprint density at radius 1 is 0.933 bits per heavy atom. The molecule has 0 radical (unpaired) electrons. The van der Waals surface area contributed by atoms with Crippen LogP contribution in [-0.2, 0) is 16.0 Å². The molecule has 1 amide bonds. The molecule has 10 N–H and O–H groups in total. The van der Waals surface area contributed by atoms with Crippen molar-refractivity contribution in [3.8, 4) is 5.75 Å². The highest BCUT2D eigenvalue weighted by atomic mass is 16.5. The summed E-state index contributed by atoms with van der Waals surface area (Å²) < 4.78 is 6.10. The Hall–Kier alpha value is -3.10. The highest BCUT2D eigenvalue weighted by Gasteiger charge is 2.32. The van der Waals surface area contributed by atoms with Gasteiger partial charge in [-0.2, -0.15) is 15.0 Å². The molecule has 3 heterocycles. The number of nitrogens with one attached hydrogen (secondary N) is 1. The number of nitrogens with two attached hydrogens (primary N) is 4. The largest absolute Gasteiger partial charge is 0.506 e. The second kappa shape index (κ2) is 14.5. The molecule has 45 heavy (non-hydrogen) atoms. The summed E-state index contributed by atoms with van der Waals surface area (Å²) in [6.45, 7) is 8.98. The lowest BCUT2D eigenvalue weighted by atomic mass is 9.75. The Kier molecular flexibility index (Phi) is 10.8. The Labute approximate surface area is 266 Å². The molecule has 248 valence electrons. The number of rotatable bonds is 9. The number of hydrogen-bond donors (Lipinski definition) is 6. The first-order valence-electron chi connectivity index (χ1n) is 16.4. The number of benzene rings is 1. The van der Waals surface area contributed by atoms with Gasteiger partial charge in [0.2, 0.25) is 17.8 Å². The highest BCUT2D eigenvalue weighted by molar-refractivity contribution is 5.93. The molecule has 5 rings (SSSR count). The van der Waals surface area contributed by atoms with Gasteiger partial charge in [-0.05, 0) is 61.1 Å². The summed E-state index contributed by atoms with van der Waals surface area (Å²) in [5.41, 5.74) is 26.2. The Bertz CT molecular complexity index is 1250. The number of anilines is 3. The summed E-state index contributed by atoms with van der Waals surface area (Å²) in [6, 6.07) is 4.83. The average Bonchev–Trinajstić information content (AvgIpc) is 2.96. The number of ether oxygens (including phenoxy) is 1. The summed E-state index contributed by atoms with van der Waals surface area (Å²) >= 11 is 0. The van der Waals surface area contributed by atoms with Gasteiger partial charge in [0.25, 0.3) is 0 Å². The Morgan fingerprint density at radius 3 is 2.04 bits per heavy atom. The third-order valence-electron chi connectivity index (χ3n) is 9.34. The smallest absolute Gasteiger partial charge is 0.250 e. The molecule has 3 aliphatic rings. The zero-order valence-electron chi connectivity index (χ0n) is 26.9. The number of carbonyl (C=O) groups is 1. The Balaban J connectivity index is 1.28. The van der Waals surface area contributed by atoms with Crippen LogP contribution < -0.4 is 38.1 Å². The zero-order valence-corrected chi connectivity index (χ0v) is 26.9. The van der Waals surface area contributed by atoms with Gasteiger partial charge in [0.05, 0.1) is 11.8 Å². The predicted octanol–water partition coefficient (Wildman–Crippen LogP) is 1.31. The number of phenolic OH excluding ortho intramolecular Hbond substituents is 1. The van der Waals surface area contributed by atoms with Crippen LogP contribution in [0.25, 0.3) is 0 Å². The van der Waals surface area contributed by atoms with Gasteiger partial charge in [0, 0.05) is 56.8 Å². The van der Waals surface area contributed by atoms with E-state index in [4.69, 9.17) is 42.6 Å². The van der Waals surface area contributed by atoms with Gasteiger partial charge in [-0.1, -0.05) is 33.3 Å². The van der Waals surface area contributed by atoms with Crippen LogP contribution in [0.15, 0.2) is 18.2 Å². The van der Waals surface area contributed by atoms with Gasteiger partial charge in [-0.3, -0.25) is 4.79 Å². The minimum absolute atomic E-state index is 0.0392. The topological polar surface area (TPSA) is 208 Å². The van der Waals surface area contributed by atoms with Crippen molar-refractivity contribution in [3.05, 3.63) is 29.6 Å². The third-order valence-corrected chi connectivity index (χ3v) is 9.34. The van der Waals surface area contributed by atoms with Crippen molar-refractivity contribution in [2.75, 3.05) is 47.9 Å². The molecule has 1 saturated carbocycles. The van der Waals surface area contributed by atoms with Crippen molar-refractivity contribution in [2.24, 2.45) is 40.7 Å². The van der Waals surface area contributed by atoms with E-state index < -0.39 is 0 Å². The Morgan fingerprint density at radius 2 is 1.51 bits per heavy atom. The number of piperidine rings is 2. The van der Waals surface area contributed by atoms with Crippen molar-refractivity contribution in [1.82, 2.24) is 15.0 Å². The molecular weight excluding hydrogens is 572 g/mol. The summed E-state index contributed by atoms with van der Waals surface area (Å²) in [7, 11) is 0. The minimum Gasteiger partial charge on any atom is -0.506 e. The van der Waals surface area contributed by atoms with Crippen LogP contribution in [0.5, 0.6) is 5.75 Å². The fraction of sp³-hybridized carbons (Fsp3) is 0.688. The molecule has 7 atom stereocenters. The van der Waals surface area contributed by atoms with Crippen LogP contribution in [0.3, 0.4) is 0 Å². The molecule has 1 aromatic heterocycles. The van der Waals surface area contributed by atoms with Crippen LogP contribution in [0.1, 0.15) is 64.3 Å². The number of aromatic hydroxyl groups is 1. The van der Waals surface area contributed by atoms with E-state index in [9.17, 15) is 9.90 Å². The van der Waals surface area contributed by atoms with Crippen molar-refractivity contribution < 1.29 is 14.6 Å². The summed E-state index contributed by atoms with van der Waals surface area (Å²) in [4.78, 5) is 31.2. The lowest BCUT2D eigenvalue weighted by molar-refractivity contribution is -0.126. The molecule has 13 nitrogen and oxygen atoms in total. The van der Waals surface area contributed by atoms with Crippen molar-refractivity contribution in [1.29, 1.82) is 0 Å². The molecule has 13 heteroatoms. The molecule has 1 aliphatic carbocycles. The fourth-order valence-corrected chi connectivity index (χ4v) is 7.09. The lowest BCUT2D eigenvalue weighted by Gasteiger charge is -2.37. The molecular formula is C32H52N10O3. The zero-order chi connectivity index (χ0) is 32.2. The second-order valence-electron chi connectivity index (χ2n) is 13.9. The second-order valence-corrected chi connectivity index (χ2v) is 13.9. The summed E-state index contributed by atoms with van der Waals surface area (Å²) in [5.74, 6) is 2.76. The van der Waals surface area contributed by atoms with E-state index in [1.165, 1.54) is 6.42 Å². The van der Waals surface area contributed by atoms with E-state index in [-0.39, 0.29) is 48.5 Å². The molecule has 1 unspecified atom stereocenters. The molecule has 2 saturated heterocycles. The molecule has 2 aliphatic heterocycles. The van der Waals surface area contributed by atoms with Gasteiger partial charge in [-0.15, -0.1) is 0 Å². The van der Waals surface area contributed by atoms with Gasteiger partial charge in [0.15, 0.2) is 0 Å². The number of aromatic nitrogens is 3. The molecule has 0 bridgehead atoms. The van der Waals surface area contributed by atoms with Crippen LogP contribution >= 0.6 is 0 Å². The van der Waals surface area contributed by atoms with Crippen LogP contribution in [0.4, 0.5) is 17.6 Å². The van der Waals surface area contributed by atoms with Crippen LogP contribution in [0.2, 0.25) is 0 Å². The SMILES string of the molecule is CC1CC[C@@H](C(C)C)[C@@H](OCC(=O)Nc2ccc(Cc3nc(N4C[C@H](N)C[C@H](N)C4)nc(N4C[C@H](N)C[C@H](N)C4)n3)cc2O)C1. The van der Waals surface area contributed by atoms with Crippen LogP contribution in [0, 0.1) is 17.8 Å². The molecule has 1 aromatic carbocycles. The highest BCUT2D eigenvalue weighted by Crippen LogP contribution is 2.35. The monoisotopic (exact) mass is 624 g/mol. The van der Waals surface area contributed by atoms with Gasteiger partial charge in [-0.25, -0.2) is 0 Å². The summed E-state index contributed by atoms with van der Waals surface area (Å²) in [5, 5.41) is 13.6. The lowest BCUT2D eigenvalue weighted by Crippen LogP contribution is -2.54. The molecule has 3 fully saturated rings. The van der Waals surface area contributed by atoms with E-state index in [1.807, 2.05) is 15.9 Å². The third kappa shape index (κ3) is 8.79. The fourth-order valence-electron chi connectivity index (χ4n) is 7.09. The summed E-state index contributed by atoms with van der Waals surface area (Å²) in [6.07, 6.45) is 5.16. The molecule has 0 spiro atoms. The van der Waals surface area contributed by atoms with Gasteiger partial charge >= 0.3 is 0 Å². The first-order chi connectivity index (χ1) is 21.4. The number of amides is 1. The maximum atomic E-state index is 12.8. The van der Waals surface area contributed by atoms with E-state index in [1.54, 1.807) is 12.1 Å². The minimum atomic E-state index is -0.290. The van der Waals surface area contributed by atoms with Gasteiger partial charge < -0.3 is 47.9 Å². The van der Waals surface area contributed by atoms with Gasteiger partial charge in [0.1, 0.15) is 18.2 Å². The number of phenols is 1. The van der Waals surface area contributed by atoms with Crippen LogP contribution in [-0.4, -0.2) is 89.0 Å². The first-order valence-corrected chi connectivity index (χ1v) is 16.4. The van der Waals surface area contributed by atoms with Crippen molar-refractivity contribution in [3.63, 3.8) is 0 Å². The van der Waals surface area contributed by atoms with E-state index in [0.29, 0.717) is 73.8 Å². The maximum Gasteiger partial charge on any atom is 0.250 e. The number of hydrogen-bond acceptors (Lipinski definition) is 12. The average molecular weight is 625 g/mol. The van der Waals surface area contributed by atoms with E-state index >= 15 is 0 Å². The first kappa shape index (κ1) is 33.3. The maximum absolute atomic E-state index is 12.8. The number of carbonyl (C=O) groups excluding carboxylic acids is 1.